The molecule has 0 spiro atoms. The van der Waals surface area contributed by atoms with Crippen LogP contribution in [0, 0.1) is 0 Å². The Labute approximate surface area is 188 Å². The van der Waals surface area contributed by atoms with Crippen molar-refractivity contribution in [2.75, 3.05) is 43.9 Å². The number of rotatable bonds is 7. The lowest BCUT2D eigenvalue weighted by atomic mass is 10.0. The molecule has 2 N–H and O–H groups in total. The third-order valence-corrected chi connectivity index (χ3v) is 6.81. The molecule has 1 aromatic carbocycles. The zero-order valence-electron chi connectivity index (χ0n) is 18.3. The first-order valence-electron chi connectivity index (χ1n) is 11.0. The maximum atomic E-state index is 11.8. The van der Waals surface area contributed by atoms with Gasteiger partial charge < -0.3 is 24.6 Å². The molecule has 1 fully saturated rings. The molecule has 166 valence electrons. The lowest BCUT2D eigenvalue weighted by Gasteiger charge is -2.22. The smallest absolute Gasteiger partial charge is 0.409 e. The highest BCUT2D eigenvalue weighted by molar-refractivity contribution is 7.99. The third-order valence-electron chi connectivity index (χ3n) is 5.84. The van der Waals surface area contributed by atoms with E-state index in [2.05, 4.69) is 46.3 Å². The zero-order chi connectivity index (χ0) is 21.8. The van der Waals surface area contributed by atoms with Crippen molar-refractivity contribution in [3.63, 3.8) is 0 Å². The first kappa shape index (κ1) is 21.8. The van der Waals surface area contributed by atoms with Gasteiger partial charge in [0.15, 0.2) is 0 Å². The number of allylic oxidation sites excluding steroid dienone is 1. The predicted molar refractivity (Wildman–Crippen MR) is 127 cm³/mol. The molecule has 2 aromatic rings. The number of hydrogen-bond donors (Lipinski definition) is 2. The number of aliphatic hydroxyl groups excluding tert-OH is 1. The highest BCUT2D eigenvalue weighted by Crippen LogP contribution is 2.37. The second-order valence-corrected chi connectivity index (χ2v) is 9.27. The van der Waals surface area contributed by atoms with Gasteiger partial charge >= 0.3 is 6.09 Å². The Kier molecular flexibility index (Phi) is 6.92. The van der Waals surface area contributed by atoms with Gasteiger partial charge in [0, 0.05) is 60.0 Å². The number of β-amino-alcohol motifs (C(OH)–C–C–N with tert-alkyl or cyclic N) is 1. The van der Waals surface area contributed by atoms with Gasteiger partial charge in [0.1, 0.15) is 0 Å². The lowest BCUT2D eigenvalue weighted by molar-refractivity contribution is 0.118. The first-order valence-corrected chi connectivity index (χ1v) is 12.0. The number of carbonyl (C=O) groups excluding carboxylic acids is 1. The number of ether oxygens (including phenoxy) is 1. The minimum absolute atomic E-state index is 0.264. The number of amides is 1. The summed E-state index contributed by atoms with van der Waals surface area (Å²) in [4.78, 5) is 20.5. The molecule has 7 heteroatoms. The van der Waals surface area contributed by atoms with Crippen LogP contribution in [0.25, 0.3) is 17.3 Å². The molecule has 2 aliphatic rings. The van der Waals surface area contributed by atoms with Crippen molar-refractivity contribution in [2.45, 2.75) is 37.2 Å². The second-order valence-electron chi connectivity index (χ2n) is 8.10. The second kappa shape index (κ2) is 9.83. The van der Waals surface area contributed by atoms with E-state index >= 15 is 0 Å². The van der Waals surface area contributed by atoms with Crippen molar-refractivity contribution in [3.05, 3.63) is 41.6 Å². The highest BCUT2D eigenvalue weighted by Gasteiger charge is 2.24. The summed E-state index contributed by atoms with van der Waals surface area (Å²) in [5.74, 6) is 0.792. The Morgan fingerprint density at radius 3 is 3.00 bits per heavy atom. The van der Waals surface area contributed by atoms with Gasteiger partial charge in [-0.25, -0.2) is 4.79 Å². The molecule has 1 unspecified atom stereocenters. The van der Waals surface area contributed by atoms with E-state index in [0.717, 1.165) is 42.9 Å². The minimum Gasteiger partial charge on any atom is -0.450 e. The minimum atomic E-state index is -0.281. The largest absolute Gasteiger partial charge is 0.450 e. The van der Waals surface area contributed by atoms with Crippen molar-refractivity contribution in [1.82, 2.24) is 9.88 Å². The Morgan fingerprint density at radius 1 is 1.39 bits per heavy atom. The molecule has 0 bridgehead atoms. The molecule has 0 saturated carbocycles. The van der Waals surface area contributed by atoms with E-state index in [-0.39, 0.29) is 12.2 Å². The van der Waals surface area contributed by atoms with Crippen LogP contribution in [-0.2, 0) is 11.2 Å². The van der Waals surface area contributed by atoms with E-state index in [9.17, 15) is 9.90 Å². The summed E-state index contributed by atoms with van der Waals surface area (Å²) in [6.07, 6.45) is 6.79. The zero-order valence-corrected chi connectivity index (χ0v) is 19.1. The maximum Gasteiger partial charge on any atom is 0.409 e. The molecule has 2 heterocycles. The van der Waals surface area contributed by atoms with Crippen LogP contribution in [0.3, 0.4) is 0 Å². The first-order chi connectivity index (χ1) is 15.0. The van der Waals surface area contributed by atoms with Crippen LogP contribution in [0.4, 0.5) is 10.5 Å². The molecule has 0 radical (unpaired) electrons. The molecule has 31 heavy (non-hydrogen) atoms. The molecule has 1 amide bonds. The van der Waals surface area contributed by atoms with E-state index in [1.54, 1.807) is 23.7 Å². The van der Waals surface area contributed by atoms with E-state index in [1.807, 2.05) is 6.92 Å². The van der Waals surface area contributed by atoms with Gasteiger partial charge in [-0.2, -0.15) is 0 Å². The molecule has 6 nitrogen and oxygen atoms in total. The van der Waals surface area contributed by atoms with Gasteiger partial charge in [0.05, 0.1) is 12.7 Å². The number of aromatic nitrogens is 1. The summed E-state index contributed by atoms with van der Waals surface area (Å²) in [5.41, 5.74) is 6.01. The summed E-state index contributed by atoms with van der Waals surface area (Å²) in [7, 11) is 1.77. The molecule has 4 rings (SSSR count). The summed E-state index contributed by atoms with van der Waals surface area (Å²) in [6, 6.07) is 8.81. The van der Waals surface area contributed by atoms with Crippen molar-refractivity contribution in [1.29, 1.82) is 0 Å². The van der Waals surface area contributed by atoms with Crippen LogP contribution in [-0.4, -0.2) is 66.2 Å². The summed E-state index contributed by atoms with van der Waals surface area (Å²) in [5, 5.41) is 10.1. The van der Waals surface area contributed by atoms with Crippen molar-refractivity contribution < 1.29 is 14.6 Å². The van der Waals surface area contributed by atoms with Gasteiger partial charge in [-0.1, -0.05) is 6.08 Å². The molecule has 1 saturated heterocycles. The van der Waals surface area contributed by atoms with Gasteiger partial charge in [-0.3, -0.25) is 0 Å². The number of benzene rings is 1. The number of H-pyrrole nitrogens is 1. The Balaban J connectivity index is 1.54. The maximum absolute atomic E-state index is 11.8. The lowest BCUT2D eigenvalue weighted by Crippen LogP contribution is -2.29. The molecule has 1 aliphatic carbocycles. The number of carbonyl (C=O) groups is 1. The van der Waals surface area contributed by atoms with Crippen LogP contribution in [0.15, 0.2) is 35.2 Å². The third kappa shape index (κ3) is 5.10. The molecule has 1 aromatic heterocycles. The Morgan fingerprint density at radius 2 is 2.26 bits per heavy atom. The van der Waals surface area contributed by atoms with E-state index in [0.29, 0.717) is 19.7 Å². The van der Waals surface area contributed by atoms with Gasteiger partial charge in [0.2, 0.25) is 0 Å². The topological polar surface area (TPSA) is 68.8 Å². The van der Waals surface area contributed by atoms with E-state index in [4.69, 9.17) is 4.74 Å². The number of aryl methyl sites for hydroxylation is 1. The van der Waals surface area contributed by atoms with Crippen LogP contribution in [0.1, 0.15) is 31.0 Å². The standard InChI is InChI=1S/C24H31N3O3S/c1-3-30-24(29)26(2)12-13-31-19-8-9-23(27-11-10-18(28)16-27)20(15-19)22-14-17-6-4-5-7-21(17)25-22/h5,7-9,14-15,18,25,28H,3-4,6,10-13,16H2,1-2H3. The van der Waals surface area contributed by atoms with Crippen LogP contribution < -0.4 is 4.90 Å². The fourth-order valence-corrected chi connectivity index (χ4v) is 5.10. The van der Waals surface area contributed by atoms with E-state index in [1.165, 1.54) is 21.7 Å². The fourth-order valence-electron chi connectivity index (χ4n) is 4.14. The SMILES string of the molecule is CCOC(=O)N(C)CCSc1ccc(N2CCC(O)C2)c(-c2cc3c([nH]2)C=CCC3)c1. The summed E-state index contributed by atoms with van der Waals surface area (Å²) < 4.78 is 5.05. The Hall–Kier alpha value is -2.38. The monoisotopic (exact) mass is 441 g/mol. The molecular formula is C24H31N3O3S. The normalized spacial score (nSPS) is 17.6. The molecular weight excluding hydrogens is 410 g/mol. The summed E-state index contributed by atoms with van der Waals surface area (Å²) in [6.45, 7) is 4.37. The number of nitrogens with one attached hydrogen (secondary N) is 1. The van der Waals surface area contributed by atoms with Crippen LogP contribution >= 0.6 is 11.8 Å². The van der Waals surface area contributed by atoms with Crippen molar-refractivity contribution in [3.8, 4) is 11.3 Å². The highest BCUT2D eigenvalue weighted by atomic mass is 32.2. The number of nitrogens with zero attached hydrogens (tertiary/aromatic N) is 2. The van der Waals surface area contributed by atoms with Crippen molar-refractivity contribution >= 4 is 29.6 Å². The summed E-state index contributed by atoms with van der Waals surface area (Å²) >= 11 is 1.73. The van der Waals surface area contributed by atoms with Crippen molar-refractivity contribution in [2.24, 2.45) is 0 Å². The van der Waals surface area contributed by atoms with Gasteiger partial charge in [-0.15, -0.1) is 11.8 Å². The Bertz CT molecular complexity index is 956. The predicted octanol–water partition coefficient (Wildman–Crippen LogP) is 4.39. The molecule has 1 atom stereocenters. The van der Waals surface area contributed by atoms with Gasteiger partial charge in [-0.05, 0) is 62.1 Å². The van der Waals surface area contributed by atoms with Gasteiger partial charge in [0.25, 0.3) is 0 Å². The van der Waals surface area contributed by atoms with Crippen LogP contribution in [0.2, 0.25) is 0 Å². The number of hydrogen-bond acceptors (Lipinski definition) is 5. The van der Waals surface area contributed by atoms with E-state index < -0.39 is 0 Å². The molecule has 1 aliphatic heterocycles. The van der Waals surface area contributed by atoms with Crippen LogP contribution in [0.5, 0.6) is 0 Å². The number of anilines is 1. The number of aromatic amines is 1. The average molecular weight is 442 g/mol. The number of fused-ring (bicyclic) bond motifs is 1. The number of thioether (sulfide) groups is 1. The average Bonchev–Trinajstić information content (AvgIpc) is 3.40. The fraction of sp³-hybridized carbons (Fsp3) is 0.458. The quantitative estimate of drug-likeness (QED) is 0.624. The number of aliphatic hydroxyl groups is 1.